The molecule has 1 saturated carbocycles. The number of urea groups is 1. The Morgan fingerprint density at radius 3 is 2.84 bits per heavy atom. The van der Waals surface area contributed by atoms with E-state index in [0.29, 0.717) is 24.4 Å². The first-order valence-corrected chi connectivity index (χ1v) is 11.1. The molecular formula is C23H27N3O6. The Morgan fingerprint density at radius 1 is 1.19 bits per heavy atom. The zero-order valence-corrected chi connectivity index (χ0v) is 17.6. The average Bonchev–Trinajstić information content (AvgIpc) is 2.73. The van der Waals surface area contributed by atoms with E-state index in [-0.39, 0.29) is 43.6 Å². The average molecular weight is 441 g/mol. The summed E-state index contributed by atoms with van der Waals surface area (Å²) in [6.07, 6.45) is 2.49. The molecule has 1 spiro atoms. The molecule has 3 saturated heterocycles. The maximum Gasteiger partial charge on any atom is 0.339 e. The van der Waals surface area contributed by atoms with E-state index in [1.165, 1.54) is 6.07 Å². The number of nitrogens with one attached hydrogen (secondary N) is 1. The van der Waals surface area contributed by atoms with Crippen molar-refractivity contribution in [3.8, 4) is 5.75 Å². The summed E-state index contributed by atoms with van der Waals surface area (Å²) in [4.78, 5) is 40.1. The molecule has 4 heterocycles. The quantitative estimate of drug-likeness (QED) is 0.711. The zero-order valence-electron chi connectivity index (χ0n) is 17.6. The van der Waals surface area contributed by atoms with Gasteiger partial charge in [0, 0.05) is 33.0 Å². The molecule has 9 nitrogen and oxygen atoms in total. The third-order valence-electron chi connectivity index (χ3n) is 7.14. The fourth-order valence-corrected chi connectivity index (χ4v) is 5.58. The molecule has 3 aliphatic heterocycles. The number of hydrogen-bond acceptors (Lipinski definition) is 6. The SMILES string of the molecule is O=C1CO[C@H]2CCN(C(=O)N3CC4(CC(Oc5cc(=O)oc6ccccc56)C4)C3)C[C@H]2N1.[HH]. The number of likely N-dealkylation sites (tertiary alicyclic amines) is 2. The highest BCUT2D eigenvalue weighted by Gasteiger charge is 2.55. The van der Waals surface area contributed by atoms with E-state index in [1.807, 2.05) is 28.0 Å². The second kappa shape index (κ2) is 7.23. The Labute approximate surface area is 185 Å². The number of rotatable bonds is 2. The lowest BCUT2D eigenvalue weighted by Crippen LogP contribution is -2.69. The Balaban J connectivity index is 0.00000228. The van der Waals surface area contributed by atoms with Gasteiger partial charge >= 0.3 is 11.7 Å². The fraction of sp³-hybridized carbons (Fsp3) is 0.522. The monoisotopic (exact) mass is 441 g/mol. The minimum atomic E-state index is -0.420. The third kappa shape index (κ3) is 3.31. The van der Waals surface area contributed by atoms with E-state index < -0.39 is 5.63 Å². The number of fused-ring (bicyclic) bond motifs is 2. The lowest BCUT2D eigenvalue weighted by atomic mass is 9.62. The largest absolute Gasteiger partial charge is 0.489 e. The topological polar surface area (TPSA) is 101 Å². The van der Waals surface area contributed by atoms with Crippen molar-refractivity contribution in [2.24, 2.45) is 5.41 Å². The van der Waals surface area contributed by atoms with Crippen LogP contribution in [-0.2, 0) is 9.53 Å². The van der Waals surface area contributed by atoms with E-state index >= 15 is 0 Å². The van der Waals surface area contributed by atoms with Crippen LogP contribution in [-0.4, -0.2) is 72.8 Å². The van der Waals surface area contributed by atoms with Crippen molar-refractivity contribution >= 4 is 22.9 Å². The Morgan fingerprint density at radius 2 is 2.00 bits per heavy atom. The van der Waals surface area contributed by atoms with Crippen LogP contribution in [0.5, 0.6) is 5.75 Å². The maximum absolute atomic E-state index is 12.9. The van der Waals surface area contributed by atoms with Gasteiger partial charge in [-0.1, -0.05) is 12.1 Å². The lowest BCUT2D eigenvalue weighted by Gasteiger charge is -2.59. The minimum Gasteiger partial charge on any atom is -0.489 e. The molecule has 0 unspecified atom stereocenters. The van der Waals surface area contributed by atoms with Gasteiger partial charge in [-0.3, -0.25) is 4.79 Å². The predicted octanol–water partition coefficient (Wildman–Crippen LogP) is 1.59. The van der Waals surface area contributed by atoms with Crippen molar-refractivity contribution in [1.82, 2.24) is 15.1 Å². The third-order valence-corrected chi connectivity index (χ3v) is 7.14. The molecule has 9 heteroatoms. The molecular weight excluding hydrogens is 414 g/mol. The summed E-state index contributed by atoms with van der Waals surface area (Å²) in [5.41, 5.74) is 0.208. The molecule has 6 rings (SSSR count). The van der Waals surface area contributed by atoms with Gasteiger partial charge in [0.1, 0.15) is 24.0 Å². The summed E-state index contributed by atoms with van der Waals surface area (Å²) in [5.74, 6) is 0.441. The highest BCUT2D eigenvalue weighted by atomic mass is 16.5. The molecule has 170 valence electrons. The van der Waals surface area contributed by atoms with Crippen LogP contribution in [0.3, 0.4) is 0 Å². The van der Waals surface area contributed by atoms with Crippen LogP contribution in [0.1, 0.15) is 20.7 Å². The molecule has 1 aromatic heterocycles. The number of amides is 3. The van der Waals surface area contributed by atoms with Crippen molar-refractivity contribution < 1.29 is 24.9 Å². The molecule has 0 radical (unpaired) electrons. The molecule has 1 aliphatic carbocycles. The van der Waals surface area contributed by atoms with Crippen molar-refractivity contribution in [2.45, 2.75) is 37.5 Å². The second-order valence-corrected chi connectivity index (χ2v) is 9.47. The zero-order chi connectivity index (χ0) is 21.9. The van der Waals surface area contributed by atoms with Crippen LogP contribution >= 0.6 is 0 Å². The summed E-state index contributed by atoms with van der Waals surface area (Å²) < 4.78 is 16.9. The van der Waals surface area contributed by atoms with Crippen LogP contribution in [0.25, 0.3) is 11.0 Å². The number of morpholine rings is 1. The molecule has 1 aromatic carbocycles. The number of para-hydroxylation sites is 1. The molecule has 2 atom stereocenters. The molecule has 1 N–H and O–H groups in total. The molecule has 2 aromatic rings. The summed E-state index contributed by atoms with van der Waals surface area (Å²) in [5, 5.41) is 3.73. The van der Waals surface area contributed by atoms with Crippen LogP contribution < -0.4 is 15.7 Å². The van der Waals surface area contributed by atoms with E-state index in [1.54, 1.807) is 6.07 Å². The van der Waals surface area contributed by atoms with Crippen molar-refractivity contribution in [3.05, 3.63) is 40.8 Å². The van der Waals surface area contributed by atoms with Crippen molar-refractivity contribution in [2.75, 3.05) is 32.8 Å². The number of nitrogens with zero attached hydrogens (tertiary/aromatic N) is 2. The molecule has 4 fully saturated rings. The number of benzene rings is 1. The Bertz CT molecular complexity index is 1140. The Hall–Kier alpha value is -3.07. The van der Waals surface area contributed by atoms with Gasteiger partial charge in [0.15, 0.2) is 0 Å². The lowest BCUT2D eigenvalue weighted by molar-refractivity contribution is -0.140. The van der Waals surface area contributed by atoms with Crippen LogP contribution in [0.15, 0.2) is 39.5 Å². The first-order valence-electron chi connectivity index (χ1n) is 11.1. The predicted molar refractivity (Wildman–Crippen MR) is 116 cm³/mol. The molecule has 3 amide bonds. The number of hydrogen-bond donors (Lipinski definition) is 1. The van der Waals surface area contributed by atoms with E-state index in [4.69, 9.17) is 13.9 Å². The smallest absolute Gasteiger partial charge is 0.339 e. The standard InChI is InChI=1S/C23H25N3O6.H2/c27-20-11-30-18-5-6-25(10-16(18)24-20)22(29)26-12-23(13-26)8-14(9-23)31-19-7-21(28)32-17-4-2-1-3-15(17)19;/h1-4,7,14,16,18H,5-6,8-13H2,(H,24,27);1H/t16-,18+;/m1./s1. The molecule has 32 heavy (non-hydrogen) atoms. The van der Waals surface area contributed by atoms with Crippen LogP contribution in [0, 0.1) is 5.41 Å². The van der Waals surface area contributed by atoms with Gasteiger partial charge in [-0.2, -0.15) is 0 Å². The normalized spacial score (nSPS) is 26.8. The molecule has 4 aliphatic rings. The minimum absolute atomic E-state index is 0. The summed E-state index contributed by atoms with van der Waals surface area (Å²) in [6.45, 7) is 2.69. The van der Waals surface area contributed by atoms with Crippen LogP contribution in [0.2, 0.25) is 0 Å². The van der Waals surface area contributed by atoms with E-state index in [9.17, 15) is 14.4 Å². The maximum atomic E-state index is 12.9. The number of piperidine rings is 1. The van der Waals surface area contributed by atoms with Crippen molar-refractivity contribution in [1.29, 1.82) is 0 Å². The van der Waals surface area contributed by atoms with Gasteiger partial charge in [-0.15, -0.1) is 0 Å². The first kappa shape index (κ1) is 19.6. The van der Waals surface area contributed by atoms with Gasteiger partial charge in [-0.05, 0) is 31.4 Å². The van der Waals surface area contributed by atoms with Gasteiger partial charge in [0.05, 0.1) is 23.6 Å². The van der Waals surface area contributed by atoms with E-state index in [2.05, 4.69) is 5.32 Å². The van der Waals surface area contributed by atoms with Gasteiger partial charge < -0.3 is 29.0 Å². The fourth-order valence-electron chi connectivity index (χ4n) is 5.58. The first-order chi connectivity index (χ1) is 15.5. The van der Waals surface area contributed by atoms with Crippen molar-refractivity contribution in [3.63, 3.8) is 0 Å². The summed E-state index contributed by atoms with van der Waals surface area (Å²) in [6, 6.07) is 8.67. The highest BCUT2D eigenvalue weighted by molar-refractivity contribution is 5.83. The summed E-state index contributed by atoms with van der Waals surface area (Å²) in [7, 11) is 0. The number of ether oxygens (including phenoxy) is 2. The Kier molecular flexibility index (Phi) is 4.43. The summed E-state index contributed by atoms with van der Waals surface area (Å²) >= 11 is 0. The number of carbonyl (C=O) groups is 2. The van der Waals surface area contributed by atoms with Gasteiger partial charge in [0.25, 0.3) is 0 Å². The highest BCUT2D eigenvalue weighted by Crippen LogP contribution is 2.50. The number of carbonyl (C=O) groups excluding carboxylic acids is 2. The van der Waals surface area contributed by atoms with E-state index in [0.717, 1.165) is 37.7 Å². The van der Waals surface area contributed by atoms with Gasteiger partial charge in [0.2, 0.25) is 5.91 Å². The van der Waals surface area contributed by atoms with Crippen LogP contribution in [0.4, 0.5) is 4.79 Å². The second-order valence-electron chi connectivity index (χ2n) is 9.47. The molecule has 0 bridgehead atoms. The van der Waals surface area contributed by atoms with Gasteiger partial charge in [-0.25, -0.2) is 9.59 Å².